The second kappa shape index (κ2) is 9.69. The summed E-state index contributed by atoms with van der Waals surface area (Å²) >= 11 is 0. The summed E-state index contributed by atoms with van der Waals surface area (Å²) in [5.41, 5.74) is 11.5. The van der Waals surface area contributed by atoms with E-state index < -0.39 is 0 Å². The molecule has 0 saturated heterocycles. The number of ether oxygens (including phenoxy) is 2. The molecule has 0 bridgehead atoms. The molecule has 0 amide bonds. The summed E-state index contributed by atoms with van der Waals surface area (Å²) < 4.78 is 19.4. The molecular weight excluding hydrogens is 460 g/mol. The number of nitrogens with two attached hydrogens (primary N) is 1. The molecule has 11 heteroatoms. The molecule has 1 aliphatic rings. The van der Waals surface area contributed by atoms with Crippen molar-refractivity contribution in [1.29, 1.82) is 0 Å². The van der Waals surface area contributed by atoms with Crippen molar-refractivity contribution < 1.29 is 13.9 Å². The fourth-order valence-electron chi connectivity index (χ4n) is 4.75. The van der Waals surface area contributed by atoms with E-state index in [-0.39, 0.29) is 5.95 Å². The van der Waals surface area contributed by atoms with Crippen molar-refractivity contribution in [3.63, 3.8) is 0 Å². The first-order valence-electron chi connectivity index (χ1n) is 12.0. The number of furan rings is 1. The van der Waals surface area contributed by atoms with Crippen LogP contribution in [0, 0.1) is 0 Å². The van der Waals surface area contributed by atoms with Crippen LogP contribution < -0.4 is 5.73 Å². The van der Waals surface area contributed by atoms with Crippen molar-refractivity contribution in [3.8, 4) is 11.6 Å². The lowest BCUT2D eigenvalue weighted by Crippen LogP contribution is -2.30. The first kappa shape index (κ1) is 22.7. The van der Waals surface area contributed by atoms with Gasteiger partial charge in [-0.05, 0) is 41.7 Å². The number of methoxy groups -OCH3 is 1. The zero-order chi connectivity index (χ0) is 24.5. The van der Waals surface area contributed by atoms with Crippen molar-refractivity contribution in [2.45, 2.75) is 26.0 Å². The Bertz CT molecular complexity index is 1490. The number of anilines is 1. The highest BCUT2D eigenvalue weighted by atomic mass is 16.7. The fraction of sp³-hybridized carbons (Fsp3) is 0.360. The van der Waals surface area contributed by atoms with Crippen LogP contribution in [0.15, 0.2) is 47.2 Å². The Labute approximate surface area is 207 Å². The predicted molar refractivity (Wildman–Crippen MR) is 133 cm³/mol. The lowest BCUT2D eigenvalue weighted by Gasteiger charge is -2.19. The van der Waals surface area contributed by atoms with E-state index in [1.807, 2.05) is 10.7 Å². The van der Waals surface area contributed by atoms with Gasteiger partial charge in [0, 0.05) is 26.7 Å². The molecule has 5 aromatic rings. The SMILES string of the molecule is COCOCc1ccc2c(c1)CCN(CCn1ncc3c1nc(N)n1nc(-c4ccco4)nc31)CC2. The average molecular weight is 489 g/mol. The van der Waals surface area contributed by atoms with Gasteiger partial charge in [-0.2, -0.15) is 14.6 Å². The van der Waals surface area contributed by atoms with Gasteiger partial charge in [0.1, 0.15) is 6.79 Å². The molecule has 0 saturated carbocycles. The molecule has 36 heavy (non-hydrogen) atoms. The van der Waals surface area contributed by atoms with Gasteiger partial charge in [-0.3, -0.25) is 0 Å². The van der Waals surface area contributed by atoms with Gasteiger partial charge in [0.15, 0.2) is 17.1 Å². The average Bonchev–Trinajstić information content (AvgIpc) is 3.62. The molecule has 186 valence electrons. The quantitative estimate of drug-likeness (QED) is 0.259. The summed E-state index contributed by atoms with van der Waals surface area (Å²) in [6.45, 7) is 4.44. The van der Waals surface area contributed by atoms with E-state index in [1.165, 1.54) is 21.2 Å². The van der Waals surface area contributed by atoms with E-state index in [9.17, 15) is 0 Å². The number of aromatic nitrogens is 6. The highest BCUT2D eigenvalue weighted by molar-refractivity contribution is 5.90. The summed E-state index contributed by atoms with van der Waals surface area (Å²) in [4.78, 5) is 11.7. The Balaban J connectivity index is 1.16. The number of fused-ring (bicyclic) bond motifs is 4. The monoisotopic (exact) mass is 488 g/mol. The van der Waals surface area contributed by atoms with Gasteiger partial charge in [-0.15, -0.1) is 5.10 Å². The third-order valence-electron chi connectivity index (χ3n) is 6.60. The number of benzene rings is 1. The van der Waals surface area contributed by atoms with Crippen LogP contribution in [-0.2, 0) is 35.5 Å². The van der Waals surface area contributed by atoms with Gasteiger partial charge in [0.05, 0.1) is 31.0 Å². The van der Waals surface area contributed by atoms with Crippen LogP contribution in [0.2, 0.25) is 0 Å². The van der Waals surface area contributed by atoms with Crippen LogP contribution in [-0.4, -0.2) is 67.8 Å². The van der Waals surface area contributed by atoms with Crippen LogP contribution >= 0.6 is 0 Å². The maximum atomic E-state index is 6.23. The summed E-state index contributed by atoms with van der Waals surface area (Å²) in [6, 6.07) is 10.3. The van der Waals surface area contributed by atoms with Crippen LogP contribution in [0.25, 0.3) is 28.3 Å². The minimum absolute atomic E-state index is 0.264. The van der Waals surface area contributed by atoms with Crippen molar-refractivity contribution in [2.24, 2.45) is 0 Å². The number of nitrogens with zero attached hydrogens (tertiary/aromatic N) is 7. The second-order valence-corrected chi connectivity index (χ2v) is 8.92. The molecule has 1 aliphatic heterocycles. The summed E-state index contributed by atoms with van der Waals surface area (Å²) in [5, 5.41) is 9.86. The third-order valence-corrected chi connectivity index (χ3v) is 6.60. The van der Waals surface area contributed by atoms with E-state index in [1.54, 1.807) is 25.6 Å². The van der Waals surface area contributed by atoms with Gasteiger partial charge in [0.2, 0.25) is 11.8 Å². The van der Waals surface area contributed by atoms with Crippen LogP contribution in [0.5, 0.6) is 0 Å². The summed E-state index contributed by atoms with van der Waals surface area (Å²) in [5.74, 6) is 1.31. The molecule has 11 nitrogen and oxygen atoms in total. The highest BCUT2D eigenvalue weighted by Gasteiger charge is 2.19. The van der Waals surface area contributed by atoms with Crippen molar-refractivity contribution in [2.75, 3.05) is 39.3 Å². The maximum absolute atomic E-state index is 6.23. The van der Waals surface area contributed by atoms with Gasteiger partial charge >= 0.3 is 0 Å². The van der Waals surface area contributed by atoms with Crippen LogP contribution in [0.4, 0.5) is 5.95 Å². The Morgan fingerprint density at radius 2 is 1.94 bits per heavy atom. The fourth-order valence-corrected chi connectivity index (χ4v) is 4.75. The molecule has 1 aromatic carbocycles. The number of hydrogen-bond donors (Lipinski definition) is 1. The third kappa shape index (κ3) is 4.32. The summed E-state index contributed by atoms with van der Waals surface area (Å²) in [7, 11) is 1.64. The molecule has 0 fully saturated rings. The highest BCUT2D eigenvalue weighted by Crippen LogP contribution is 2.24. The van der Waals surface area contributed by atoms with Gasteiger partial charge in [0.25, 0.3) is 0 Å². The van der Waals surface area contributed by atoms with Gasteiger partial charge < -0.3 is 24.5 Å². The Morgan fingerprint density at radius 3 is 2.78 bits per heavy atom. The van der Waals surface area contributed by atoms with E-state index in [4.69, 9.17) is 19.6 Å². The molecule has 2 N–H and O–H groups in total. The minimum atomic E-state index is 0.264. The van der Waals surface area contributed by atoms with Gasteiger partial charge in [-0.25, -0.2) is 9.67 Å². The second-order valence-electron chi connectivity index (χ2n) is 8.92. The lowest BCUT2D eigenvalue weighted by molar-refractivity contribution is -0.0390. The molecule has 0 spiro atoms. The zero-order valence-electron chi connectivity index (χ0n) is 20.1. The normalized spacial score (nSPS) is 14.5. The largest absolute Gasteiger partial charge is 0.461 e. The molecule has 0 radical (unpaired) electrons. The summed E-state index contributed by atoms with van der Waals surface area (Å²) in [6.07, 6.45) is 5.40. The number of hydrogen-bond acceptors (Lipinski definition) is 9. The van der Waals surface area contributed by atoms with E-state index in [0.717, 1.165) is 37.9 Å². The van der Waals surface area contributed by atoms with Crippen LogP contribution in [0.1, 0.15) is 16.7 Å². The number of nitrogen functional groups attached to an aromatic ring is 1. The lowest BCUT2D eigenvalue weighted by atomic mass is 10.0. The first-order valence-corrected chi connectivity index (χ1v) is 12.0. The van der Waals surface area contributed by atoms with E-state index >= 15 is 0 Å². The molecule has 5 heterocycles. The Kier molecular flexibility index (Phi) is 6.09. The van der Waals surface area contributed by atoms with Gasteiger partial charge in [-0.1, -0.05) is 18.2 Å². The van der Waals surface area contributed by atoms with E-state index in [2.05, 4.69) is 43.3 Å². The van der Waals surface area contributed by atoms with Crippen molar-refractivity contribution >= 4 is 22.6 Å². The molecule has 6 rings (SSSR count). The molecule has 0 aliphatic carbocycles. The number of rotatable bonds is 8. The molecule has 0 unspecified atom stereocenters. The molecule has 4 aromatic heterocycles. The standard InChI is InChI=1S/C25H28N8O3/c1-34-16-35-15-17-4-5-18-6-8-31(9-7-19(18)13-17)10-11-32-23-20(14-27-32)24-28-22(21-3-2-12-36-21)30-33(24)25(26)29-23/h2-5,12-14H,6-11,15-16H2,1H3,(H2,26,29). The Hall–Kier alpha value is -3.80. The van der Waals surface area contributed by atoms with Crippen LogP contribution in [0.3, 0.4) is 0 Å². The maximum Gasteiger partial charge on any atom is 0.225 e. The predicted octanol–water partition coefficient (Wildman–Crippen LogP) is 2.54. The zero-order valence-corrected chi connectivity index (χ0v) is 20.1. The van der Waals surface area contributed by atoms with Crippen molar-refractivity contribution in [3.05, 3.63) is 59.5 Å². The minimum Gasteiger partial charge on any atom is -0.461 e. The molecular formula is C25H28N8O3. The smallest absolute Gasteiger partial charge is 0.225 e. The first-order chi connectivity index (χ1) is 17.7. The Morgan fingerprint density at radius 1 is 1.06 bits per heavy atom. The van der Waals surface area contributed by atoms with E-state index in [0.29, 0.717) is 42.8 Å². The topological polar surface area (TPSA) is 122 Å². The van der Waals surface area contributed by atoms with Crippen molar-refractivity contribution in [1.82, 2.24) is 34.3 Å². The molecule has 0 atom stereocenters.